The first-order chi connectivity index (χ1) is 8.59. The summed E-state index contributed by atoms with van der Waals surface area (Å²) in [6.45, 7) is 4.17. The number of nitrogens with one attached hydrogen (secondary N) is 1. The second-order valence-corrected chi connectivity index (χ2v) is 5.44. The minimum atomic E-state index is -0.758. The number of piperazine rings is 1. The molecule has 5 heteroatoms. The van der Waals surface area contributed by atoms with Gasteiger partial charge < -0.3 is 10.4 Å². The minimum Gasteiger partial charge on any atom is -0.480 e. The van der Waals surface area contributed by atoms with Crippen LogP contribution in [-0.2, 0) is 4.79 Å². The van der Waals surface area contributed by atoms with Crippen LogP contribution in [0.5, 0.6) is 0 Å². The Kier molecular flexibility index (Phi) is 4.37. The van der Waals surface area contributed by atoms with E-state index in [1.165, 1.54) is 0 Å². The molecule has 1 saturated heterocycles. The standard InChI is InChI=1S/C13H17BrN2O2/c1-9(10-2-4-11(14)5-3-10)16-7-6-15-8-12(16)13(17)18/h2-5,9,12,15H,6-8H2,1H3,(H,17,18). The number of halogens is 1. The van der Waals surface area contributed by atoms with Gasteiger partial charge in [-0.05, 0) is 24.6 Å². The highest BCUT2D eigenvalue weighted by Gasteiger charge is 2.31. The molecule has 98 valence electrons. The van der Waals surface area contributed by atoms with Gasteiger partial charge in [-0.15, -0.1) is 0 Å². The van der Waals surface area contributed by atoms with Crippen molar-refractivity contribution >= 4 is 21.9 Å². The van der Waals surface area contributed by atoms with E-state index in [0.717, 1.165) is 23.1 Å². The summed E-state index contributed by atoms with van der Waals surface area (Å²) in [5.41, 5.74) is 1.14. The highest BCUT2D eigenvalue weighted by Crippen LogP contribution is 2.24. The van der Waals surface area contributed by atoms with Gasteiger partial charge in [-0.2, -0.15) is 0 Å². The Labute approximate surface area is 115 Å². The number of aliphatic carboxylic acids is 1. The summed E-state index contributed by atoms with van der Waals surface area (Å²) in [4.78, 5) is 13.3. The zero-order valence-corrected chi connectivity index (χ0v) is 11.9. The maximum absolute atomic E-state index is 11.3. The zero-order chi connectivity index (χ0) is 13.1. The highest BCUT2D eigenvalue weighted by molar-refractivity contribution is 9.10. The van der Waals surface area contributed by atoms with Crippen molar-refractivity contribution in [1.82, 2.24) is 10.2 Å². The lowest BCUT2D eigenvalue weighted by molar-refractivity contribution is -0.145. The normalized spacial score (nSPS) is 22.7. The van der Waals surface area contributed by atoms with Crippen LogP contribution in [-0.4, -0.2) is 41.7 Å². The summed E-state index contributed by atoms with van der Waals surface area (Å²) in [6.07, 6.45) is 0. The Morgan fingerprint density at radius 2 is 2.17 bits per heavy atom. The number of hydrogen-bond donors (Lipinski definition) is 2. The first kappa shape index (κ1) is 13.5. The molecule has 4 nitrogen and oxygen atoms in total. The van der Waals surface area contributed by atoms with Gasteiger partial charge >= 0.3 is 5.97 Å². The number of nitrogens with zero attached hydrogens (tertiary/aromatic N) is 1. The van der Waals surface area contributed by atoms with E-state index >= 15 is 0 Å². The molecule has 18 heavy (non-hydrogen) atoms. The molecule has 0 amide bonds. The Bertz CT molecular complexity index is 422. The van der Waals surface area contributed by atoms with Gasteiger partial charge in [0.15, 0.2) is 0 Å². The van der Waals surface area contributed by atoms with E-state index < -0.39 is 12.0 Å². The second kappa shape index (κ2) is 5.82. The van der Waals surface area contributed by atoms with Crippen LogP contribution in [0, 0.1) is 0 Å². The molecular formula is C13H17BrN2O2. The third kappa shape index (κ3) is 2.91. The fourth-order valence-corrected chi connectivity index (χ4v) is 2.61. The predicted molar refractivity (Wildman–Crippen MR) is 73.6 cm³/mol. The van der Waals surface area contributed by atoms with Crippen LogP contribution in [0.25, 0.3) is 0 Å². The second-order valence-electron chi connectivity index (χ2n) is 4.52. The van der Waals surface area contributed by atoms with Crippen molar-refractivity contribution < 1.29 is 9.90 Å². The first-order valence-electron chi connectivity index (χ1n) is 6.04. The molecule has 1 heterocycles. The molecule has 0 aliphatic carbocycles. The van der Waals surface area contributed by atoms with E-state index in [9.17, 15) is 9.90 Å². The van der Waals surface area contributed by atoms with Crippen molar-refractivity contribution in [1.29, 1.82) is 0 Å². The third-order valence-electron chi connectivity index (χ3n) is 3.42. The maximum atomic E-state index is 11.3. The van der Waals surface area contributed by atoms with Gasteiger partial charge in [-0.25, -0.2) is 0 Å². The molecule has 1 aliphatic rings. The molecule has 0 aromatic heterocycles. The minimum absolute atomic E-state index is 0.112. The zero-order valence-electron chi connectivity index (χ0n) is 10.3. The molecule has 2 atom stereocenters. The summed E-state index contributed by atoms with van der Waals surface area (Å²) in [5.74, 6) is -0.758. The molecule has 1 fully saturated rings. The summed E-state index contributed by atoms with van der Waals surface area (Å²) in [5, 5.41) is 12.4. The number of rotatable bonds is 3. The fourth-order valence-electron chi connectivity index (χ4n) is 2.35. The summed E-state index contributed by atoms with van der Waals surface area (Å²) < 4.78 is 1.04. The van der Waals surface area contributed by atoms with Crippen LogP contribution < -0.4 is 5.32 Å². The number of carbonyl (C=O) groups is 1. The van der Waals surface area contributed by atoms with Crippen LogP contribution in [0.2, 0.25) is 0 Å². The molecule has 1 aromatic carbocycles. The van der Waals surface area contributed by atoms with Gasteiger partial charge in [0.2, 0.25) is 0 Å². The van der Waals surface area contributed by atoms with Crippen molar-refractivity contribution in [3.63, 3.8) is 0 Å². The lowest BCUT2D eigenvalue weighted by Gasteiger charge is -2.38. The van der Waals surface area contributed by atoms with Gasteiger partial charge in [0.05, 0.1) is 0 Å². The summed E-state index contributed by atoms with van der Waals surface area (Å²) >= 11 is 3.41. The molecule has 1 aromatic rings. The summed E-state index contributed by atoms with van der Waals surface area (Å²) in [7, 11) is 0. The molecule has 2 rings (SSSR count). The SMILES string of the molecule is CC(c1ccc(Br)cc1)N1CCNCC1C(=O)O. The van der Waals surface area contributed by atoms with Crippen LogP contribution in [0.4, 0.5) is 0 Å². The number of hydrogen-bond acceptors (Lipinski definition) is 3. The van der Waals surface area contributed by atoms with E-state index in [1.807, 2.05) is 29.2 Å². The first-order valence-corrected chi connectivity index (χ1v) is 6.83. The number of carboxylic acid groups (broad SMARTS) is 1. The van der Waals surface area contributed by atoms with Crippen molar-refractivity contribution in [2.75, 3.05) is 19.6 Å². The quantitative estimate of drug-likeness (QED) is 0.894. The smallest absolute Gasteiger partial charge is 0.322 e. The molecule has 1 aliphatic heterocycles. The third-order valence-corrected chi connectivity index (χ3v) is 3.95. The predicted octanol–water partition coefficient (Wildman–Crippen LogP) is 1.87. The molecule has 0 spiro atoms. The Balaban J connectivity index is 2.17. The lowest BCUT2D eigenvalue weighted by atomic mass is 10.0. The van der Waals surface area contributed by atoms with E-state index in [4.69, 9.17) is 0 Å². The lowest BCUT2D eigenvalue weighted by Crippen LogP contribution is -2.55. The van der Waals surface area contributed by atoms with Crippen LogP contribution >= 0.6 is 15.9 Å². The molecule has 0 radical (unpaired) electrons. The average molecular weight is 313 g/mol. The number of carboxylic acids is 1. The van der Waals surface area contributed by atoms with E-state index in [-0.39, 0.29) is 6.04 Å². The van der Waals surface area contributed by atoms with Crippen LogP contribution in [0.15, 0.2) is 28.7 Å². The summed E-state index contributed by atoms with van der Waals surface area (Å²) in [6, 6.07) is 7.72. The van der Waals surface area contributed by atoms with E-state index in [0.29, 0.717) is 6.54 Å². The maximum Gasteiger partial charge on any atom is 0.322 e. The highest BCUT2D eigenvalue weighted by atomic mass is 79.9. The Morgan fingerprint density at radius 1 is 1.50 bits per heavy atom. The topological polar surface area (TPSA) is 52.6 Å². The van der Waals surface area contributed by atoms with Crippen LogP contribution in [0.1, 0.15) is 18.5 Å². The largest absolute Gasteiger partial charge is 0.480 e. The monoisotopic (exact) mass is 312 g/mol. The van der Waals surface area contributed by atoms with E-state index in [1.54, 1.807) is 0 Å². The average Bonchev–Trinajstić information content (AvgIpc) is 2.39. The van der Waals surface area contributed by atoms with Crippen molar-refractivity contribution in [2.24, 2.45) is 0 Å². The van der Waals surface area contributed by atoms with Gasteiger partial charge in [-0.1, -0.05) is 28.1 Å². The molecule has 2 N–H and O–H groups in total. The van der Waals surface area contributed by atoms with Gasteiger partial charge in [0.25, 0.3) is 0 Å². The van der Waals surface area contributed by atoms with Gasteiger partial charge in [0, 0.05) is 30.1 Å². The molecule has 0 bridgehead atoms. The Hall–Kier alpha value is -0.910. The fraction of sp³-hybridized carbons (Fsp3) is 0.462. The molecular weight excluding hydrogens is 296 g/mol. The van der Waals surface area contributed by atoms with Crippen molar-refractivity contribution in [3.8, 4) is 0 Å². The van der Waals surface area contributed by atoms with Crippen molar-refractivity contribution in [3.05, 3.63) is 34.3 Å². The van der Waals surface area contributed by atoms with Gasteiger partial charge in [0.1, 0.15) is 6.04 Å². The van der Waals surface area contributed by atoms with Gasteiger partial charge in [-0.3, -0.25) is 9.69 Å². The Morgan fingerprint density at radius 3 is 2.78 bits per heavy atom. The molecule has 0 saturated carbocycles. The number of benzene rings is 1. The van der Waals surface area contributed by atoms with Crippen molar-refractivity contribution in [2.45, 2.75) is 19.0 Å². The molecule has 2 unspecified atom stereocenters. The van der Waals surface area contributed by atoms with E-state index in [2.05, 4.69) is 28.2 Å². The van der Waals surface area contributed by atoms with Crippen LogP contribution in [0.3, 0.4) is 0 Å².